The van der Waals surface area contributed by atoms with Crippen LogP contribution in [0.25, 0.3) is 0 Å². The van der Waals surface area contributed by atoms with E-state index < -0.39 is 0 Å². The van der Waals surface area contributed by atoms with Gasteiger partial charge >= 0.3 is 0 Å². The molecule has 1 fully saturated rings. The second kappa shape index (κ2) is 5.56. The fourth-order valence-corrected chi connectivity index (χ4v) is 1.00. The zero-order valence-electron chi connectivity index (χ0n) is 8.24. The number of hydrogen-bond donors (Lipinski definition) is 1. The summed E-state index contributed by atoms with van der Waals surface area (Å²) in [5.74, 6) is 0. The van der Waals surface area contributed by atoms with Crippen LogP contribution in [0.3, 0.4) is 0 Å². The van der Waals surface area contributed by atoms with Gasteiger partial charge < -0.3 is 10.1 Å². The third kappa shape index (κ3) is 3.73. The number of nitrogens with one attached hydrogen (secondary N) is 1. The first-order valence-electron chi connectivity index (χ1n) is 4.55. The summed E-state index contributed by atoms with van der Waals surface area (Å²) in [6, 6.07) is 0. The standard InChI is InChI=1S/C7H15NO.C2H6/c1-3-9-6-7(2)4-8-5-7;1-2/h8H,3-6H2,1-2H3;1-2H3. The van der Waals surface area contributed by atoms with Gasteiger partial charge in [0.15, 0.2) is 0 Å². The van der Waals surface area contributed by atoms with Crippen LogP contribution in [-0.2, 0) is 4.74 Å². The van der Waals surface area contributed by atoms with Crippen molar-refractivity contribution in [3.63, 3.8) is 0 Å². The maximum atomic E-state index is 5.30. The Balaban J connectivity index is 0.000000461. The van der Waals surface area contributed by atoms with Gasteiger partial charge in [-0.25, -0.2) is 0 Å². The molecule has 0 aromatic heterocycles. The van der Waals surface area contributed by atoms with Gasteiger partial charge in [-0.1, -0.05) is 20.8 Å². The summed E-state index contributed by atoms with van der Waals surface area (Å²) in [6.07, 6.45) is 0. The molecule has 1 aliphatic rings. The van der Waals surface area contributed by atoms with Gasteiger partial charge in [0.25, 0.3) is 0 Å². The predicted octanol–water partition coefficient (Wildman–Crippen LogP) is 1.66. The Morgan fingerprint density at radius 2 is 1.91 bits per heavy atom. The van der Waals surface area contributed by atoms with Gasteiger partial charge in [0.05, 0.1) is 6.61 Å². The molecular weight excluding hydrogens is 138 g/mol. The lowest BCUT2D eigenvalue weighted by atomic mass is 9.85. The largest absolute Gasteiger partial charge is 0.381 e. The summed E-state index contributed by atoms with van der Waals surface area (Å²) in [5, 5.41) is 3.23. The third-order valence-electron chi connectivity index (χ3n) is 1.76. The van der Waals surface area contributed by atoms with Gasteiger partial charge in [-0.05, 0) is 6.92 Å². The molecular formula is C9H21NO. The Morgan fingerprint density at radius 1 is 1.36 bits per heavy atom. The zero-order chi connectivity index (χ0) is 8.74. The minimum Gasteiger partial charge on any atom is -0.381 e. The second-order valence-electron chi connectivity index (χ2n) is 3.05. The topological polar surface area (TPSA) is 21.3 Å². The molecule has 0 aliphatic carbocycles. The number of hydrogen-bond acceptors (Lipinski definition) is 2. The van der Waals surface area contributed by atoms with E-state index in [0.717, 1.165) is 26.3 Å². The van der Waals surface area contributed by atoms with Crippen molar-refractivity contribution in [3.8, 4) is 0 Å². The lowest BCUT2D eigenvalue weighted by Crippen LogP contribution is -2.54. The number of rotatable bonds is 3. The van der Waals surface area contributed by atoms with Gasteiger partial charge in [0.2, 0.25) is 0 Å². The van der Waals surface area contributed by atoms with Crippen LogP contribution in [0.1, 0.15) is 27.7 Å². The van der Waals surface area contributed by atoms with Crippen molar-refractivity contribution in [1.29, 1.82) is 0 Å². The molecule has 11 heavy (non-hydrogen) atoms. The predicted molar refractivity (Wildman–Crippen MR) is 48.8 cm³/mol. The Kier molecular flexibility index (Phi) is 5.51. The van der Waals surface area contributed by atoms with Gasteiger partial charge in [-0.3, -0.25) is 0 Å². The third-order valence-corrected chi connectivity index (χ3v) is 1.76. The van der Waals surface area contributed by atoms with Crippen LogP contribution in [0.5, 0.6) is 0 Å². The van der Waals surface area contributed by atoms with Crippen molar-refractivity contribution in [2.45, 2.75) is 27.7 Å². The van der Waals surface area contributed by atoms with E-state index in [1.807, 2.05) is 20.8 Å². The molecule has 0 unspecified atom stereocenters. The molecule has 1 heterocycles. The quantitative estimate of drug-likeness (QED) is 0.676. The van der Waals surface area contributed by atoms with Crippen LogP contribution in [0, 0.1) is 5.41 Å². The first-order chi connectivity index (χ1) is 5.27. The highest BCUT2D eigenvalue weighted by molar-refractivity contribution is 4.87. The fraction of sp³-hybridized carbons (Fsp3) is 1.00. The molecule has 0 radical (unpaired) electrons. The van der Waals surface area contributed by atoms with Gasteiger partial charge in [-0.15, -0.1) is 0 Å². The SMILES string of the molecule is CC.CCOCC1(C)CNC1. The van der Waals surface area contributed by atoms with Crippen molar-refractivity contribution < 1.29 is 4.74 Å². The summed E-state index contributed by atoms with van der Waals surface area (Å²) in [6.45, 7) is 12.3. The van der Waals surface area contributed by atoms with E-state index in [-0.39, 0.29) is 0 Å². The molecule has 0 bridgehead atoms. The molecule has 68 valence electrons. The van der Waals surface area contributed by atoms with E-state index in [0.29, 0.717) is 5.41 Å². The molecule has 2 nitrogen and oxygen atoms in total. The maximum absolute atomic E-state index is 5.30. The summed E-state index contributed by atoms with van der Waals surface area (Å²) in [5.41, 5.74) is 0.440. The minimum absolute atomic E-state index is 0.440. The smallest absolute Gasteiger partial charge is 0.0543 e. The van der Waals surface area contributed by atoms with E-state index in [4.69, 9.17) is 4.74 Å². The van der Waals surface area contributed by atoms with Crippen LogP contribution in [0.2, 0.25) is 0 Å². The minimum atomic E-state index is 0.440. The Bertz CT molecular complexity index is 89.6. The van der Waals surface area contributed by atoms with E-state index in [1.165, 1.54) is 0 Å². The van der Waals surface area contributed by atoms with Crippen LogP contribution in [-0.4, -0.2) is 26.3 Å². The van der Waals surface area contributed by atoms with Crippen molar-refractivity contribution in [2.75, 3.05) is 26.3 Å². The van der Waals surface area contributed by atoms with Crippen molar-refractivity contribution in [3.05, 3.63) is 0 Å². The second-order valence-corrected chi connectivity index (χ2v) is 3.05. The van der Waals surface area contributed by atoms with E-state index in [9.17, 15) is 0 Å². The van der Waals surface area contributed by atoms with Gasteiger partial charge in [-0.2, -0.15) is 0 Å². The molecule has 0 aromatic rings. The van der Waals surface area contributed by atoms with Crippen LogP contribution in [0.4, 0.5) is 0 Å². The first-order valence-corrected chi connectivity index (χ1v) is 4.55. The molecule has 0 saturated carbocycles. The molecule has 1 N–H and O–H groups in total. The number of ether oxygens (including phenoxy) is 1. The van der Waals surface area contributed by atoms with Gasteiger partial charge in [0.1, 0.15) is 0 Å². The summed E-state index contributed by atoms with van der Waals surface area (Å²) in [7, 11) is 0. The van der Waals surface area contributed by atoms with Crippen molar-refractivity contribution in [2.24, 2.45) is 5.41 Å². The Labute approximate surface area is 70.3 Å². The zero-order valence-corrected chi connectivity index (χ0v) is 8.24. The maximum Gasteiger partial charge on any atom is 0.0543 e. The van der Waals surface area contributed by atoms with E-state index >= 15 is 0 Å². The lowest BCUT2D eigenvalue weighted by Gasteiger charge is -2.38. The van der Waals surface area contributed by atoms with E-state index in [1.54, 1.807) is 0 Å². The molecule has 1 saturated heterocycles. The highest BCUT2D eigenvalue weighted by Gasteiger charge is 2.31. The lowest BCUT2D eigenvalue weighted by molar-refractivity contribution is 0.0287. The molecule has 1 aliphatic heterocycles. The molecule has 0 spiro atoms. The average molecular weight is 159 g/mol. The normalized spacial score (nSPS) is 19.6. The molecule has 0 amide bonds. The van der Waals surface area contributed by atoms with Crippen molar-refractivity contribution in [1.82, 2.24) is 5.32 Å². The summed E-state index contributed by atoms with van der Waals surface area (Å²) in [4.78, 5) is 0. The highest BCUT2D eigenvalue weighted by atomic mass is 16.5. The van der Waals surface area contributed by atoms with Gasteiger partial charge in [0, 0.05) is 25.1 Å². The summed E-state index contributed by atoms with van der Waals surface area (Å²) >= 11 is 0. The monoisotopic (exact) mass is 159 g/mol. The Morgan fingerprint density at radius 3 is 2.18 bits per heavy atom. The highest BCUT2D eigenvalue weighted by Crippen LogP contribution is 2.20. The Hall–Kier alpha value is -0.0800. The van der Waals surface area contributed by atoms with Crippen molar-refractivity contribution >= 4 is 0 Å². The molecule has 1 rings (SSSR count). The molecule has 2 heteroatoms. The molecule has 0 aromatic carbocycles. The molecule has 0 atom stereocenters. The average Bonchev–Trinajstić information content (AvgIpc) is 2.01. The van der Waals surface area contributed by atoms with Crippen LogP contribution >= 0.6 is 0 Å². The fourth-order valence-electron chi connectivity index (χ4n) is 1.00. The van der Waals surface area contributed by atoms with Crippen LogP contribution in [0.15, 0.2) is 0 Å². The van der Waals surface area contributed by atoms with E-state index in [2.05, 4.69) is 12.2 Å². The van der Waals surface area contributed by atoms with Crippen LogP contribution < -0.4 is 5.32 Å². The summed E-state index contributed by atoms with van der Waals surface area (Å²) < 4.78 is 5.30. The first kappa shape index (κ1) is 10.9.